The van der Waals surface area contributed by atoms with E-state index in [9.17, 15) is 4.79 Å². The second-order valence-electron chi connectivity index (χ2n) is 4.64. The van der Waals surface area contributed by atoms with Crippen molar-refractivity contribution in [1.82, 2.24) is 10.5 Å². The van der Waals surface area contributed by atoms with E-state index >= 15 is 0 Å². The molecule has 1 amide bonds. The number of hydrogen-bond donors (Lipinski definition) is 2. The Kier molecular flexibility index (Phi) is 4.84. The molecule has 1 aromatic heterocycles. The summed E-state index contributed by atoms with van der Waals surface area (Å²) in [4.78, 5) is 12.2. The summed E-state index contributed by atoms with van der Waals surface area (Å²) >= 11 is 4.92. The second-order valence-corrected chi connectivity index (χ2v) is 5.12. The minimum Gasteiger partial charge on any atom is -0.393 e. The minimum atomic E-state index is -0.444. The zero-order valence-electron chi connectivity index (χ0n) is 11.1. The Bertz CT molecular complexity index is 435. The molecule has 0 aliphatic rings. The summed E-state index contributed by atoms with van der Waals surface area (Å²) < 4.78 is 5.03. The van der Waals surface area contributed by atoms with Crippen LogP contribution in [0.1, 0.15) is 30.9 Å². The van der Waals surface area contributed by atoms with Gasteiger partial charge in [0.2, 0.25) is 5.91 Å². The van der Waals surface area contributed by atoms with Gasteiger partial charge in [-0.05, 0) is 19.8 Å². The van der Waals surface area contributed by atoms with Gasteiger partial charge in [-0.3, -0.25) is 4.79 Å². The maximum atomic E-state index is 12.0. The first-order valence-electron chi connectivity index (χ1n) is 5.83. The number of hydrogen-bond acceptors (Lipinski definition) is 4. The van der Waals surface area contributed by atoms with Crippen molar-refractivity contribution < 1.29 is 9.32 Å². The van der Waals surface area contributed by atoms with Crippen molar-refractivity contribution in [3.63, 3.8) is 0 Å². The summed E-state index contributed by atoms with van der Waals surface area (Å²) in [5.41, 5.74) is 7.27. The smallest absolute Gasteiger partial charge is 0.230 e. The molecule has 1 heterocycles. The van der Waals surface area contributed by atoms with Gasteiger partial charge in [0.05, 0.1) is 16.6 Å². The number of amides is 1. The molecule has 0 aliphatic carbocycles. The van der Waals surface area contributed by atoms with Gasteiger partial charge in [0.25, 0.3) is 0 Å². The van der Waals surface area contributed by atoms with Gasteiger partial charge in [-0.15, -0.1) is 0 Å². The monoisotopic (exact) mass is 269 g/mol. The van der Waals surface area contributed by atoms with Crippen molar-refractivity contribution in [1.29, 1.82) is 0 Å². The van der Waals surface area contributed by atoms with Crippen molar-refractivity contribution in [2.45, 2.75) is 34.2 Å². The molecule has 0 radical (unpaired) electrons. The van der Waals surface area contributed by atoms with Crippen LogP contribution in [0.3, 0.4) is 0 Å². The maximum absolute atomic E-state index is 12.0. The molecule has 1 rings (SSSR count). The number of rotatable bonds is 5. The molecule has 3 N–H and O–H groups in total. The lowest BCUT2D eigenvalue weighted by Gasteiger charge is -2.18. The van der Waals surface area contributed by atoms with E-state index in [0.717, 1.165) is 11.3 Å². The highest BCUT2D eigenvalue weighted by Gasteiger charge is 2.25. The van der Waals surface area contributed by atoms with Crippen LogP contribution in [-0.2, 0) is 11.3 Å². The number of aryl methyl sites for hydroxylation is 2. The van der Waals surface area contributed by atoms with Crippen molar-refractivity contribution in [2.75, 3.05) is 0 Å². The van der Waals surface area contributed by atoms with Crippen LogP contribution >= 0.6 is 12.2 Å². The molecular formula is C12H19N3O2S. The van der Waals surface area contributed by atoms with E-state index in [1.54, 1.807) is 0 Å². The van der Waals surface area contributed by atoms with Crippen molar-refractivity contribution in [3.05, 3.63) is 17.0 Å². The zero-order valence-corrected chi connectivity index (χ0v) is 11.9. The highest BCUT2D eigenvalue weighted by atomic mass is 32.1. The predicted molar refractivity (Wildman–Crippen MR) is 72.9 cm³/mol. The molecule has 0 saturated carbocycles. The first-order chi connectivity index (χ1) is 8.34. The van der Waals surface area contributed by atoms with Crippen LogP contribution in [0.4, 0.5) is 0 Å². The minimum absolute atomic E-state index is 0.0761. The number of nitrogens with zero attached hydrogens (tertiary/aromatic N) is 1. The van der Waals surface area contributed by atoms with Crippen LogP contribution in [0, 0.1) is 25.7 Å². The van der Waals surface area contributed by atoms with Crippen LogP contribution in [0.2, 0.25) is 0 Å². The van der Waals surface area contributed by atoms with E-state index in [1.807, 2.05) is 27.7 Å². The van der Waals surface area contributed by atoms with Gasteiger partial charge in [-0.2, -0.15) is 0 Å². The van der Waals surface area contributed by atoms with Crippen LogP contribution in [0.25, 0.3) is 0 Å². The molecular weight excluding hydrogens is 250 g/mol. The van der Waals surface area contributed by atoms with Gasteiger partial charge in [0.1, 0.15) is 5.76 Å². The fraction of sp³-hybridized carbons (Fsp3) is 0.583. The number of thiocarbonyl (C=S) groups is 1. The summed E-state index contributed by atoms with van der Waals surface area (Å²) in [5.74, 6) is 0.189. The van der Waals surface area contributed by atoms with Crippen LogP contribution in [-0.4, -0.2) is 16.1 Å². The third-order valence-electron chi connectivity index (χ3n) is 2.88. The molecule has 0 spiro atoms. The fourth-order valence-electron chi connectivity index (χ4n) is 1.80. The van der Waals surface area contributed by atoms with Crippen molar-refractivity contribution in [2.24, 2.45) is 17.6 Å². The first-order valence-corrected chi connectivity index (χ1v) is 6.24. The van der Waals surface area contributed by atoms with Crippen molar-refractivity contribution >= 4 is 23.1 Å². The standard InChI is InChI=1S/C12H19N3O2S/c1-6(2)10(11(13)18)12(16)14-5-9-7(3)15-17-8(9)4/h6,10H,5H2,1-4H3,(H2,13,18)(H,14,16). The molecule has 0 bridgehead atoms. The lowest BCUT2D eigenvalue weighted by Crippen LogP contribution is -2.40. The molecule has 18 heavy (non-hydrogen) atoms. The molecule has 100 valence electrons. The molecule has 1 aromatic rings. The second kappa shape index (κ2) is 5.95. The van der Waals surface area contributed by atoms with Crippen LogP contribution in [0.5, 0.6) is 0 Å². The summed E-state index contributed by atoms with van der Waals surface area (Å²) in [5, 5.41) is 6.66. The quantitative estimate of drug-likeness (QED) is 0.791. The molecule has 0 aromatic carbocycles. The molecule has 1 atom stereocenters. The van der Waals surface area contributed by atoms with E-state index in [-0.39, 0.29) is 16.8 Å². The summed E-state index contributed by atoms with van der Waals surface area (Å²) in [6.07, 6.45) is 0. The van der Waals surface area contributed by atoms with Crippen LogP contribution < -0.4 is 11.1 Å². The molecule has 5 nitrogen and oxygen atoms in total. The molecule has 0 aliphatic heterocycles. The van der Waals surface area contributed by atoms with Crippen LogP contribution in [0.15, 0.2) is 4.52 Å². The predicted octanol–water partition coefficient (Wildman–Crippen LogP) is 1.47. The highest BCUT2D eigenvalue weighted by Crippen LogP contribution is 2.14. The largest absolute Gasteiger partial charge is 0.393 e. The topological polar surface area (TPSA) is 81.2 Å². The zero-order chi connectivity index (χ0) is 13.9. The molecule has 6 heteroatoms. The Balaban J connectivity index is 2.68. The number of carbonyl (C=O) groups is 1. The lowest BCUT2D eigenvalue weighted by atomic mass is 9.95. The highest BCUT2D eigenvalue weighted by molar-refractivity contribution is 7.80. The molecule has 0 fully saturated rings. The summed E-state index contributed by atoms with van der Waals surface area (Å²) in [6, 6.07) is 0. The van der Waals surface area contributed by atoms with Gasteiger partial charge in [-0.1, -0.05) is 31.2 Å². The van der Waals surface area contributed by atoms with Gasteiger partial charge in [0.15, 0.2) is 0 Å². The number of nitrogens with two attached hydrogens (primary N) is 1. The average Bonchev–Trinajstić information content (AvgIpc) is 2.55. The van der Waals surface area contributed by atoms with Gasteiger partial charge >= 0.3 is 0 Å². The van der Waals surface area contributed by atoms with E-state index in [1.165, 1.54) is 0 Å². The SMILES string of the molecule is Cc1noc(C)c1CNC(=O)C(C(N)=S)C(C)C. The Hall–Kier alpha value is -1.43. The van der Waals surface area contributed by atoms with Gasteiger partial charge < -0.3 is 15.6 Å². The summed E-state index contributed by atoms with van der Waals surface area (Å²) in [7, 11) is 0. The van der Waals surface area contributed by atoms with E-state index in [0.29, 0.717) is 12.3 Å². The third-order valence-corrected chi connectivity index (χ3v) is 3.13. The maximum Gasteiger partial charge on any atom is 0.230 e. The first kappa shape index (κ1) is 14.6. The number of carbonyl (C=O) groups excluding carboxylic acids is 1. The Morgan fingerprint density at radius 1 is 1.50 bits per heavy atom. The lowest BCUT2D eigenvalue weighted by molar-refractivity contribution is -0.124. The normalized spacial score (nSPS) is 12.5. The van der Waals surface area contributed by atoms with E-state index < -0.39 is 5.92 Å². The van der Waals surface area contributed by atoms with Crippen molar-refractivity contribution in [3.8, 4) is 0 Å². The Labute approximate surface area is 112 Å². The Morgan fingerprint density at radius 2 is 2.11 bits per heavy atom. The van der Waals surface area contributed by atoms with Gasteiger partial charge in [-0.25, -0.2) is 0 Å². The number of aromatic nitrogens is 1. The summed E-state index contributed by atoms with van der Waals surface area (Å²) in [6.45, 7) is 7.87. The van der Waals surface area contributed by atoms with E-state index in [4.69, 9.17) is 22.5 Å². The Morgan fingerprint density at radius 3 is 2.50 bits per heavy atom. The molecule has 1 unspecified atom stereocenters. The molecule has 0 saturated heterocycles. The van der Waals surface area contributed by atoms with E-state index in [2.05, 4.69) is 10.5 Å². The third kappa shape index (κ3) is 3.29. The number of nitrogens with one attached hydrogen (secondary N) is 1. The average molecular weight is 269 g/mol. The van der Waals surface area contributed by atoms with Gasteiger partial charge in [0, 0.05) is 12.1 Å². The fourth-order valence-corrected chi connectivity index (χ4v) is 2.18.